The number of hydrogen-bond donors (Lipinski definition) is 2. The van der Waals surface area contributed by atoms with Crippen molar-refractivity contribution >= 4 is 0 Å². The average Bonchev–Trinajstić information content (AvgIpc) is 2.84. The van der Waals surface area contributed by atoms with Gasteiger partial charge in [-0.05, 0) is 26.9 Å². The number of aromatic nitrogens is 2. The van der Waals surface area contributed by atoms with E-state index in [1.165, 1.54) is 0 Å². The first-order chi connectivity index (χ1) is 9.52. The summed E-state index contributed by atoms with van der Waals surface area (Å²) in [7, 11) is 3.99. The third kappa shape index (κ3) is 3.99. The molecule has 114 valence electrons. The van der Waals surface area contributed by atoms with Crippen LogP contribution in [0.5, 0.6) is 0 Å². The van der Waals surface area contributed by atoms with Gasteiger partial charge in [-0.3, -0.25) is 5.10 Å². The molecule has 0 aliphatic heterocycles. The average molecular weight is 286 g/mol. The van der Waals surface area contributed by atoms with E-state index in [1.807, 2.05) is 13.2 Å². The number of H-pyrrole nitrogens is 1. The van der Waals surface area contributed by atoms with Crippen molar-refractivity contribution in [3.8, 4) is 0 Å². The Morgan fingerprint density at radius 3 is 2.80 bits per heavy atom. The van der Waals surface area contributed by atoms with E-state index in [9.17, 15) is 8.78 Å². The van der Waals surface area contributed by atoms with Gasteiger partial charge < -0.3 is 10.2 Å². The lowest BCUT2D eigenvalue weighted by atomic mass is 9.83. The molecule has 4 nitrogen and oxygen atoms in total. The van der Waals surface area contributed by atoms with Crippen molar-refractivity contribution < 1.29 is 8.78 Å². The first kappa shape index (κ1) is 15.4. The van der Waals surface area contributed by atoms with Crippen molar-refractivity contribution in [1.82, 2.24) is 20.4 Å². The molecule has 0 radical (unpaired) electrons. The largest absolute Gasteiger partial charge is 0.318 e. The van der Waals surface area contributed by atoms with Crippen molar-refractivity contribution in [1.29, 1.82) is 0 Å². The van der Waals surface area contributed by atoms with E-state index in [0.29, 0.717) is 12.8 Å². The normalized spacial score (nSPS) is 19.6. The molecule has 1 aliphatic rings. The topological polar surface area (TPSA) is 44.0 Å². The number of hydrogen-bond acceptors (Lipinski definition) is 3. The highest BCUT2D eigenvalue weighted by atomic mass is 19.3. The number of likely N-dealkylation sites (N-methyl/N-ethyl adjacent to an activating group) is 2. The molecule has 0 bridgehead atoms. The first-order valence-corrected chi connectivity index (χ1v) is 7.25. The second-order valence-corrected chi connectivity index (χ2v) is 5.78. The monoisotopic (exact) mass is 286 g/mol. The molecule has 1 fully saturated rings. The molecular formula is C14H24F2N4. The summed E-state index contributed by atoms with van der Waals surface area (Å²) in [6.45, 7) is 2.68. The number of aromatic amines is 1. The van der Waals surface area contributed by atoms with Gasteiger partial charge in [-0.2, -0.15) is 5.10 Å². The zero-order valence-corrected chi connectivity index (χ0v) is 12.3. The number of nitrogens with one attached hydrogen (secondary N) is 2. The molecule has 0 spiro atoms. The highest BCUT2D eigenvalue weighted by molar-refractivity contribution is 5.21. The van der Waals surface area contributed by atoms with Crippen molar-refractivity contribution in [2.24, 2.45) is 0 Å². The van der Waals surface area contributed by atoms with Gasteiger partial charge in [0.2, 0.25) is 5.92 Å². The second kappa shape index (κ2) is 6.63. The van der Waals surface area contributed by atoms with Crippen molar-refractivity contribution in [3.63, 3.8) is 0 Å². The fraction of sp³-hybridized carbons (Fsp3) is 0.786. The smallest absolute Gasteiger partial charge is 0.248 e. The molecule has 6 heteroatoms. The fourth-order valence-electron chi connectivity index (χ4n) is 2.80. The van der Waals surface area contributed by atoms with Gasteiger partial charge in [0, 0.05) is 49.7 Å². The molecule has 1 aromatic rings. The second-order valence-electron chi connectivity index (χ2n) is 5.78. The maximum Gasteiger partial charge on any atom is 0.248 e. The molecular weight excluding hydrogens is 262 g/mol. The number of nitrogens with zero attached hydrogens (tertiary/aromatic N) is 2. The van der Waals surface area contributed by atoms with Crippen LogP contribution in [0.15, 0.2) is 6.20 Å². The lowest BCUT2D eigenvalue weighted by Crippen LogP contribution is -2.28. The van der Waals surface area contributed by atoms with Gasteiger partial charge in [-0.15, -0.1) is 0 Å². The number of alkyl halides is 2. The van der Waals surface area contributed by atoms with Crippen LogP contribution in [-0.2, 0) is 6.54 Å². The Hall–Kier alpha value is -1.01. The van der Waals surface area contributed by atoms with Gasteiger partial charge in [0.1, 0.15) is 0 Å². The third-order valence-electron chi connectivity index (χ3n) is 4.06. The Morgan fingerprint density at radius 1 is 1.45 bits per heavy atom. The van der Waals surface area contributed by atoms with Crippen LogP contribution in [0.3, 0.4) is 0 Å². The zero-order valence-electron chi connectivity index (χ0n) is 12.3. The van der Waals surface area contributed by atoms with Gasteiger partial charge in [-0.1, -0.05) is 0 Å². The fourth-order valence-corrected chi connectivity index (χ4v) is 2.80. The minimum absolute atomic E-state index is 0.00821. The molecule has 0 aromatic carbocycles. The quantitative estimate of drug-likeness (QED) is 0.843. The molecule has 2 rings (SSSR count). The molecule has 0 amide bonds. The van der Waals surface area contributed by atoms with E-state index >= 15 is 0 Å². The van der Waals surface area contributed by atoms with Crippen LogP contribution in [0.4, 0.5) is 8.78 Å². The highest BCUT2D eigenvalue weighted by Gasteiger charge is 2.36. The standard InChI is InChI=1S/C14H24F2N4/c1-17-7-8-20(2)10-12-9-18-19-13(12)11-3-5-14(15,16)6-4-11/h9,11,17H,3-8,10H2,1-2H3,(H,18,19). The summed E-state index contributed by atoms with van der Waals surface area (Å²) in [5, 5.41) is 10.3. The van der Waals surface area contributed by atoms with Gasteiger partial charge >= 0.3 is 0 Å². The van der Waals surface area contributed by atoms with Gasteiger partial charge in [0.05, 0.1) is 6.20 Å². The summed E-state index contributed by atoms with van der Waals surface area (Å²) >= 11 is 0. The Balaban J connectivity index is 1.95. The Bertz CT molecular complexity index is 409. The van der Waals surface area contributed by atoms with E-state index in [2.05, 4.69) is 27.5 Å². The molecule has 1 aliphatic carbocycles. The van der Waals surface area contributed by atoms with Crippen LogP contribution in [0.1, 0.15) is 42.9 Å². The molecule has 2 N–H and O–H groups in total. The lowest BCUT2D eigenvalue weighted by Gasteiger charge is -2.28. The van der Waals surface area contributed by atoms with Gasteiger partial charge in [-0.25, -0.2) is 8.78 Å². The third-order valence-corrected chi connectivity index (χ3v) is 4.06. The van der Waals surface area contributed by atoms with Gasteiger partial charge in [0.15, 0.2) is 0 Å². The van der Waals surface area contributed by atoms with Crippen LogP contribution in [0.2, 0.25) is 0 Å². The molecule has 0 saturated heterocycles. The summed E-state index contributed by atoms with van der Waals surface area (Å²) < 4.78 is 26.5. The predicted molar refractivity (Wildman–Crippen MR) is 75.0 cm³/mol. The van der Waals surface area contributed by atoms with Gasteiger partial charge in [0.25, 0.3) is 0 Å². The maximum atomic E-state index is 13.2. The molecule has 1 saturated carbocycles. The first-order valence-electron chi connectivity index (χ1n) is 7.25. The highest BCUT2D eigenvalue weighted by Crippen LogP contribution is 2.41. The van der Waals surface area contributed by atoms with E-state index in [-0.39, 0.29) is 18.8 Å². The van der Waals surface area contributed by atoms with Crippen molar-refractivity contribution in [2.75, 3.05) is 27.2 Å². The summed E-state index contributed by atoms with van der Waals surface area (Å²) in [4.78, 5) is 2.21. The van der Waals surface area contributed by atoms with Crippen LogP contribution < -0.4 is 5.32 Å². The Labute approximate surface area is 118 Å². The van der Waals surface area contributed by atoms with Crippen LogP contribution in [-0.4, -0.2) is 48.2 Å². The minimum Gasteiger partial charge on any atom is -0.318 e. The predicted octanol–water partition coefficient (Wildman–Crippen LogP) is 2.35. The molecule has 20 heavy (non-hydrogen) atoms. The van der Waals surface area contributed by atoms with E-state index in [0.717, 1.165) is 30.9 Å². The zero-order chi connectivity index (χ0) is 14.6. The van der Waals surface area contributed by atoms with Crippen LogP contribution in [0, 0.1) is 0 Å². The number of rotatable bonds is 6. The van der Waals surface area contributed by atoms with E-state index in [1.54, 1.807) is 0 Å². The van der Waals surface area contributed by atoms with Crippen molar-refractivity contribution in [3.05, 3.63) is 17.5 Å². The number of halogens is 2. The van der Waals surface area contributed by atoms with E-state index < -0.39 is 5.92 Å². The van der Waals surface area contributed by atoms with Crippen LogP contribution in [0.25, 0.3) is 0 Å². The van der Waals surface area contributed by atoms with Crippen molar-refractivity contribution in [2.45, 2.75) is 44.1 Å². The summed E-state index contributed by atoms with van der Waals surface area (Å²) in [5.41, 5.74) is 2.19. The van der Waals surface area contributed by atoms with E-state index in [4.69, 9.17) is 0 Å². The molecule has 1 heterocycles. The lowest BCUT2D eigenvalue weighted by molar-refractivity contribution is -0.0385. The summed E-state index contributed by atoms with van der Waals surface area (Å²) in [5.74, 6) is -2.27. The van der Waals surface area contributed by atoms with Crippen LogP contribution >= 0.6 is 0 Å². The minimum atomic E-state index is -2.47. The summed E-state index contributed by atoms with van der Waals surface area (Å²) in [6, 6.07) is 0. The SMILES string of the molecule is CNCCN(C)Cc1cn[nH]c1C1CCC(F)(F)CC1. The molecule has 0 atom stereocenters. The summed E-state index contributed by atoms with van der Waals surface area (Å²) in [6.07, 6.45) is 2.90. The Morgan fingerprint density at radius 2 is 2.15 bits per heavy atom. The molecule has 1 aromatic heterocycles. The maximum absolute atomic E-state index is 13.2. The Kier molecular flexibility index (Phi) is 5.10. The molecule has 0 unspecified atom stereocenters.